The molecule has 0 saturated heterocycles. The molecule has 0 aromatic carbocycles. The predicted molar refractivity (Wildman–Crippen MR) is 75.4 cm³/mol. The molecule has 1 rings (SSSR count). The van der Waals surface area contributed by atoms with E-state index in [-0.39, 0.29) is 0 Å². The normalized spacial score (nSPS) is 11.1. The quantitative estimate of drug-likeness (QED) is 0.462. The third-order valence-corrected chi connectivity index (χ3v) is 3.49. The summed E-state index contributed by atoms with van der Waals surface area (Å²) in [5.41, 5.74) is 1.38. The minimum Gasteiger partial charge on any atom is -0.137 e. The zero-order valence-corrected chi connectivity index (χ0v) is 12.5. The largest absolute Gasteiger partial charge is 0.167 e. The Morgan fingerprint density at radius 2 is 1.67 bits per heavy atom. The van der Waals surface area contributed by atoms with Crippen molar-refractivity contribution in [1.29, 1.82) is 0 Å². The lowest BCUT2D eigenvalue weighted by atomic mass is 10.1. The van der Waals surface area contributed by atoms with Gasteiger partial charge in [-0.2, -0.15) is 0 Å². The van der Waals surface area contributed by atoms with E-state index >= 15 is 0 Å². The predicted octanol–water partition coefficient (Wildman–Crippen LogP) is 3.41. The van der Waals surface area contributed by atoms with Crippen LogP contribution in [0.2, 0.25) is 0 Å². The highest BCUT2D eigenvalue weighted by Gasteiger charge is 2.11. The first-order chi connectivity index (χ1) is 8.77. The average molecular weight is 252 g/mol. The Hall–Kier alpha value is -0.860. The summed E-state index contributed by atoms with van der Waals surface area (Å²) in [6.07, 6.45) is 13.9. The molecule has 18 heavy (non-hydrogen) atoms. The Bertz CT molecular complexity index is 318. The van der Waals surface area contributed by atoms with Crippen molar-refractivity contribution >= 4 is 0 Å². The van der Waals surface area contributed by atoms with Crippen LogP contribution in [0, 0.1) is 0 Å². The fourth-order valence-corrected chi connectivity index (χ4v) is 2.28. The second-order valence-electron chi connectivity index (χ2n) is 5.27. The topological polar surface area (TPSA) is 21.7 Å². The number of aromatic nitrogens is 3. The van der Waals surface area contributed by atoms with E-state index < -0.39 is 0 Å². The van der Waals surface area contributed by atoms with Crippen molar-refractivity contribution in [3.8, 4) is 0 Å². The van der Waals surface area contributed by atoms with Gasteiger partial charge in [0.1, 0.15) is 13.6 Å². The van der Waals surface area contributed by atoms with E-state index in [9.17, 15) is 0 Å². The fraction of sp³-hybridized carbons (Fsp3) is 0.867. The molecule has 3 nitrogen and oxygen atoms in total. The van der Waals surface area contributed by atoms with Gasteiger partial charge in [0.25, 0.3) is 0 Å². The molecule has 0 atom stereocenters. The SMILES string of the molecule is CCCCCCc1c[n+](CCCCCC)nn1C. The van der Waals surface area contributed by atoms with E-state index in [4.69, 9.17) is 0 Å². The van der Waals surface area contributed by atoms with Gasteiger partial charge in [-0.05, 0) is 19.3 Å². The van der Waals surface area contributed by atoms with Gasteiger partial charge in [0.2, 0.25) is 0 Å². The Labute approximate surface area is 112 Å². The molecule has 1 aromatic heterocycles. The molecule has 0 fully saturated rings. The highest BCUT2D eigenvalue weighted by atomic mass is 15.5. The molecule has 0 aliphatic rings. The van der Waals surface area contributed by atoms with Crippen LogP contribution in [0.3, 0.4) is 0 Å². The lowest BCUT2D eigenvalue weighted by Gasteiger charge is -1.95. The van der Waals surface area contributed by atoms with E-state index in [1.54, 1.807) is 0 Å². The molecule has 104 valence electrons. The minimum atomic E-state index is 1.07. The Kier molecular flexibility index (Phi) is 7.70. The van der Waals surface area contributed by atoms with E-state index in [2.05, 4.69) is 37.0 Å². The lowest BCUT2D eigenvalue weighted by Crippen LogP contribution is -2.35. The summed E-state index contributed by atoms with van der Waals surface area (Å²) in [5, 5.41) is 4.54. The van der Waals surface area contributed by atoms with Crippen LogP contribution in [-0.4, -0.2) is 9.90 Å². The summed E-state index contributed by atoms with van der Waals surface area (Å²) in [6, 6.07) is 0. The van der Waals surface area contributed by atoms with Gasteiger partial charge in [-0.1, -0.05) is 46.0 Å². The molecule has 0 amide bonds. The number of hydrogen-bond donors (Lipinski definition) is 0. The van der Waals surface area contributed by atoms with Gasteiger partial charge in [-0.25, -0.2) is 0 Å². The lowest BCUT2D eigenvalue weighted by molar-refractivity contribution is -0.755. The number of nitrogens with zero attached hydrogens (tertiary/aromatic N) is 3. The number of aryl methyl sites for hydroxylation is 3. The maximum absolute atomic E-state index is 4.54. The molecule has 0 N–H and O–H groups in total. The molecule has 3 heteroatoms. The second kappa shape index (κ2) is 9.12. The number of rotatable bonds is 10. The first kappa shape index (κ1) is 15.2. The van der Waals surface area contributed by atoms with Gasteiger partial charge in [0.05, 0.1) is 5.21 Å². The molecule has 0 radical (unpaired) electrons. The first-order valence-corrected chi connectivity index (χ1v) is 7.70. The van der Waals surface area contributed by atoms with Crippen LogP contribution >= 0.6 is 0 Å². The van der Waals surface area contributed by atoms with Crippen LogP contribution in [0.1, 0.15) is 70.9 Å². The maximum Gasteiger partial charge on any atom is 0.167 e. The molecule has 0 unspecified atom stereocenters. The monoisotopic (exact) mass is 252 g/mol. The maximum atomic E-state index is 4.54. The summed E-state index contributed by atoms with van der Waals surface area (Å²) < 4.78 is 4.16. The van der Waals surface area contributed by atoms with Crippen molar-refractivity contribution in [2.45, 2.75) is 78.2 Å². The fourth-order valence-electron chi connectivity index (χ4n) is 2.28. The molecule has 0 aliphatic carbocycles. The standard InChI is InChI=1S/C15H30N3/c1-4-6-8-10-12-15-14-18(16-17(15)3)13-11-9-7-5-2/h14H,4-13H2,1-3H3/q+1. The Morgan fingerprint density at radius 3 is 2.33 bits per heavy atom. The molecule has 1 heterocycles. The van der Waals surface area contributed by atoms with Gasteiger partial charge in [-0.15, -0.1) is 9.36 Å². The van der Waals surface area contributed by atoms with Gasteiger partial charge >= 0.3 is 0 Å². The van der Waals surface area contributed by atoms with Crippen molar-refractivity contribution in [1.82, 2.24) is 9.90 Å². The van der Waals surface area contributed by atoms with Crippen LogP contribution in [0.25, 0.3) is 0 Å². The molecule has 0 saturated carbocycles. The smallest absolute Gasteiger partial charge is 0.137 e. The van der Waals surface area contributed by atoms with Crippen LogP contribution in [0.15, 0.2) is 6.20 Å². The minimum absolute atomic E-state index is 1.07. The Balaban J connectivity index is 2.29. The zero-order valence-electron chi connectivity index (χ0n) is 12.5. The van der Waals surface area contributed by atoms with E-state index in [1.807, 2.05) is 4.68 Å². The van der Waals surface area contributed by atoms with E-state index in [0.29, 0.717) is 0 Å². The zero-order chi connectivity index (χ0) is 13.2. The second-order valence-corrected chi connectivity index (χ2v) is 5.27. The molecule has 0 bridgehead atoms. The first-order valence-electron chi connectivity index (χ1n) is 7.70. The van der Waals surface area contributed by atoms with Crippen LogP contribution < -0.4 is 4.68 Å². The summed E-state index contributed by atoms with van der Waals surface area (Å²) in [7, 11) is 2.07. The molecular weight excluding hydrogens is 222 g/mol. The van der Waals surface area contributed by atoms with Crippen molar-refractivity contribution in [2.75, 3.05) is 0 Å². The van der Waals surface area contributed by atoms with Crippen molar-refractivity contribution in [3.05, 3.63) is 11.9 Å². The molecular formula is C15H30N3+. The number of hydrogen-bond acceptors (Lipinski definition) is 1. The van der Waals surface area contributed by atoms with Crippen LogP contribution in [0.5, 0.6) is 0 Å². The van der Waals surface area contributed by atoms with Crippen molar-refractivity contribution in [3.63, 3.8) is 0 Å². The summed E-state index contributed by atoms with van der Waals surface area (Å²) in [6.45, 7) is 5.58. The van der Waals surface area contributed by atoms with Gasteiger partial charge in [-0.3, -0.25) is 0 Å². The summed E-state index contributed by atoms with van der Waals surface area (Å²) in [4.78, 5) is 0. The van der Waals surface area contributed by atoms with Crippen LogP contribution in [0.4, 0.5) is 0 Å². The van der Waals surface area contributed by atoms with Gasteiger partial charge in [0, 0.05) is 6.42 Å². The Morgan fingerprint density at radius 1 is 1.00 bits per heavy atom. The third kappa shape index (κ3) is 5.65. The number of unbranched alkanes of at least 4 members (excludes halogenated alkanes) is 6. The van der Waals surface area contributed by atoms with E-state index in [0.717, 1.165) is 6.54 Å². The van der Waals surface area contributed by atoms with Gasteiger partial charge in [0.15, 0.2) is 11.9 Å². The van der Waals surface area contributed by atoms with E-state index in [1.165, 1.54) is 63.5 Å². The summed E-state index contributed by atoms with van der Waals surface area (Å²) >= 11 is 0. The molecule has 1 aromatic rings. The molecule has 0 spiro atoms. The highest BCUT2D eigenvalue weighted by molar-refractivity contribution is 4.89. The highest BCUT2D eigenvalue weighted by Crippen LogP contribution is 2.05. The average Bonchev–Trinajstić information content (AvgIpc) is 2.71. The van der Waals surface area contributed by atoms with Gasteiger partial charge < -0.3 is 0 Å². The van der Waals surface area contributed by atoms with Crippen molar-refractivity contribution < 1.29 is 4.68 Å². The van der Waals surface area contributed by atoms with Crippen molar-refractivity contribution in [2.24, 2.45) is 7.05 Å². The molecule has 0 aliphatic heterocycles. The summed E-state index contributed by atoms with van der Waals surface area (Å²) in [5.74, 6) is 0. The van der Waals surface area contributed by atoms with Crippen LogP contribution in [-0.2, 0) is 20.0 Å². The third-order valence-electron chi connectivity index (χ3n) is 3.49.